The van der Waals surface area contributed by atoms with E-state index >= 15 is 0 Å². The summed E-state index contributed by atoms with van der Waals surface area (Å²) in [5, 5.41) is 4.43. The van der Waals surface area contributed by atoms with Gasteiger partial charge in [0.05, 0.1) is 27.6 Å². The number of nitrogens with zero attached hydrogens (tertiary/aromatic N) is 1. The Morgan fingerprint density at radius 2 is 1.71 bits per heavy atom. The number of hydrogen-bond acceptors (Lipinski definition) is 3. The number of nitrogen functional groups attached to an aromatic ring is 1. The molecular weight excluding hydrogens is 281 g/mol. The molecule has 3 nitrogen and oxygen atoms in total. The second kappa shape index (κ2) is 5.00. The summed E-state index contributed by atoms with van der Waals surface area (Å²) >= 11 is 17.9. The minimum Gasteiger partial charge on any atom is -0.384 e. The van der Waals surface area contributed by atoms with Crippen molar-refractivity contribution in [3.05, 3.63) is 45.5 Å². The molecule has 0 spiro atoms. The van der Waals surface area contributed by atoms with E-state index in [2.05, 4.69) is 10.3 Å². The van der Waals surface area contributed by atoms with Gasteiger partial charge in [0, 0.05) is 5.02 Å². The SMILES string of the molecule is Nc1ccc(Nc2c(Cl)cc(Cl)cc2Cl)cn1. The van der Waals surface area contributed by atoms with Crippen molar-refractivity contribution in [2.75, 3.05) is 11.1 Å². The number of anilines is 3. The maximum Gasteiger partial charge on any atom is 0.123 e. The number of pyridine rings is 1. The minimum absolute atomic E-state index is 0.444. The first-order valence-electron chi connectivity index (χ1n) is 4.69. The van der Waals surface area contributed by atoms with E-state index in [0.29, 0.717) is 26.6 Å². The average molecular weight is 289 g/mol. The maximum absolute atomic E-state index is 6.04. The number of benzene rings is 1. The molecule has 0 saturated carbocycles. The van der Waals surface area contributed by atoms with Gasteiger partial charge in [0.15, 0.2) is 0 Å². The first kappa shape index (κ1) is 12.3. The number of halogens is 3. The molecule has 1 heterocycles. The molecule has 0 saturated heterocycles. The van der Waals surface area contributed by atoms with Crippen LogP contribution in [0.4, 0.5) is 17.2 Å². The van der Waals surface area contributed by atoms with Gasteiger partial charge in [0.2, 0.25) is 0 Å². The predicted octanol–water partition coefficient (Wildman–Crippen LogP) is 4.37. The highest BCUT2D eigenvalue weighted by Crippen LogP contribution is 2.35. The van der Waals surface area contributed by atoms with Crippen molar-refractivity contribution in [2.45, 2.75) is 0 Å². The Morgan fingerprint density at radius 3 is 2.24 bits per heavy atom. The highest BCUT2D eigenvalue weighted by Gasteiger charge is 2.08. The van der Waals surface area contributed by atoms with E-state index in [-0.39, 0.29) is 0 Å². The number of aromatic nitrogens is 1. The predicted molar refractivity (Wildman–Crippen MR) is 73.4 cm³/mol. The monoisotopic (exact) mass is 287 g/mol. The highest BCUT2D eigenvalue weighted by molar-refractivity contribution is 6.41. The molecule has 0 radical (unpaired) electrons. The fourth-order valence-corrected chi connectivity index (χ4v) is 2.20. The molecule has 2 rings (SSSR count). The van der Waals surface area contributed by atoms with Crippen molar-refractivity contribution < 1.29 is 0 Å². The van der Waals surface area contributed by atoms with Crippen LogP contribution in [0, 0.1) is 0 Å². The second-order valence-corrected chi connectivity index (χ2v) is 4.59. The third-order valence-electron chi connectivity index (χ3n) is 2.06. The Labute approximate surface area is 114 Å². The van der Waals surface area contributed by atoms with E-state index < -0.39 is 0 Å². The Kier molecular flexibility index (Phi) is 3.62. The van der Waals surface area contributed by atoms with E-state index in [1.165, 1.54) is 0 Å². The lowest BCUT2D eigenvalue weighted by atomic mass is 10.3. The van der Waals surface area contributed by atoms with Crippen LogP contribution in [0.25, 0.3) is 0 Å². The number of nitrogens with one attached hydrogen (secondary N) is 1. The van der Waals surface area contributed by atoms with Crippen LogP contribution < -0.4 is 11.1 Å². The van der Waals surface area contributed by atoms with Crippen molar-refractivity contribution in [3.63, 3.8) is 0 Å². The van der Waals surface area contributed by atoms with E-state index in [0.717, 1.165) is 5.69 Å². The largest absolute Gasteiger partial charge is 0.384 e. The van der Waals surface area contributed by atoms with Crippen molar-refractivity contribution in [1.29, 1.82) is 0 Å². The quantitative estimate of drug-likeness (QED) is 0.863. The van der Waals surface area contributed by atoms with Crippen LogP contribution in [-0.4, -0.2) is 4.98 Å². The molecule has 3 N–H and O–H groups in total. The van der Waals surface area contributed by atoms with Crippen molar-refractivity contribution in [2.24, 2.45) is 0 Å². The lowest BCUT2D eigenvalue weighted by molar-refractivity contribution is 1.33. The van der Waals surface area contributed by atoms with Gasteiger partial charge in [-0.05, 0) is 24.3 Å². The fraction of sp³-hybridized carbons (Fsp3) is 0. The van der Waals surface area contributed by atoms with Gasteiger partial charge >= 0.3 is 0 Å². The first-order valence-corrected chi connectivity index (χ1v) is 5.83. The zero-order chi connectivity index (χ0) is 12.4. The topological polar surface area (TPSA) is 50.9 Å². The molecule has 0 aliphatic carbocycles. The summed E-state index contributed by atoms with van der Waals surface area (Å²) in [5.41, 5.74) is 6.82. The average Bonchev–Trinajstić information content (AvgIpc) is 2.26. The summed E-state index contributed by atoms with van der Waals surface area (Å²) in [7, 11) is 0. The zero-order valence-corrected chi connectivity index (χ0v) is 10.8. The summed E-state index contributed by atoms with van der Waals surface area (Å²) in [6, 6.07) is 6.69. The second-order valence-electron chi connectivity index (χ2n) is 3.34. The molecule has 1 aromatic heterocycles. The highest BCUT2D eigenvalue weighted by atomic mass is 35.5. The Hall–Kier alpha value is -1.16. The van der Waals surface area contributed by atoms with Crippen molar-refractivity contribution in [3.8, 4) is 0 Å². The van der Waals surface area contributed by atoms with Crippen LogP contribution in [0.3, 0.4) is 0 Å². The first-order chi connectivity index (χ1) is 8.06. The van der Waals surface area contributed by atoms with Gasteiger partial charge in [0.1, 0.15) is 5.82 Å². The zero-order valence-electron chi connectivity index (χ0n) is 8.55. The maximum atomic E-state index is 6.04. The van der Waals surface area contributed by atoms with Gasteiger partial charge in [0.25, 0.3) is 0 Å². The number of rotatable bonds is 2. The minimum atomic E-state index is 0.444. The van der Waals surface area contributed by atoms with E-state index in [1.807, 2.05) is 0 Å². The lowest BCUT2D eigenvalue weighted by Crippen LogP contribution is -1.95. The van der Waals surface area contributed by atoms with E-state index in [4.69, 9.17) is 40.5 Å². The molecule has 17 heavy (non-hydrogen) atoms. The third-order valence-corrected chi connectivity index (χ3v) is 2.88. The Bertz CT molecular complexity index is 517. The standard InChI is InChI=1S/C11H8Cl3N3/c12-6-3-8(13)11(9(14)4-6)17-7-1-2-10(15)16-5-7/h1-5,17H,(H2,15,16). The fourth-order valence-electron chi connectivity index (χ4n) is 1.29. The molecule has 0 aliphatic rings. The van der Waals surface area contributed by atoms with Crippen molar-refractivity contribution >= 4 is 52.0 Å². The van der Waals surface area contributed by atoms with Crippen molar-refractivity contribution in [1.82, 2.24) is 4.98 Å². The molecule has 0 bridgehead atoms. The molecule has 0 fully saturated rings. The number of hydrogen-bond donors (Lipinski definition) is 2. The molecule has 88 valence electrons. The summed E-state index contributed by atoms with van der Waals surface area (Å²) in [5.74, 6) is 0.448. The van der Waals surface area contributed by atoms with Gasteiger partial charge in [-0.3, -0.25) is 0 Å². The van der Waals surface area contributed by atoms with E-state index in [1.54, 1.807) is 30.5 Å². The Morgan fingerprint density at radius 1 is 1.06 bits per heavy atom. The van der Waals surface area contributed by atoms with Crippen LogP contribution in [0.2, 0.25) is 15.1 Å². The molecule has 0 amide bonds. The molecule has 0 aliphatic heterocycles. The van der Waals surface area contributed by atoms with Crippen LogP contribution in [-0.2, 0) is 0 Å². The van der Waals surface area contributed by atoms with Gasteiger partial charge in [-0.2, -0.15) is 0 Å². The molecule has 1 aromatic carbocycles. The van der Waals surface area contributed by atoms with Gasteiger partial charge < -0.3 is 11.1 Å². The summed E-state index contributed by atoms with van der Waals surface area (Å²) < 4.78 is 0. The van der Waals surface area contributed by atoms with E-state index in [9.17, 15) is 0 Å². The molecule has 2 aromatic rings. The molecule has 0 atom stereocenters. The van der Waals surface area contributed by atoms with Crippen LogP contribution >= 0.6 is 34.8 Å². The molecular formula is C11H8Cl3N3. The van der Waals surface area contributed by atoms with Crippen LogP contribution in [0.5, 0.6) is 0 Å². The smallest absolute Gasteiger partial charge is 0.123 e. The van der Waals surface area contributed by atoms with Gasteiger partial charge in [-0.1, -0.05) is 34.8 Å². The van der Waals surface area contributed by atoms with Gasteiger partial charge in [-0.15, -0.1) is 0 Å². The molecule has 6 heteroatoms. The molecule has 0 unspecified atom stereocenters. The number of nitrogens with two attached hydrogens (primary N) is 1. The lowest BCUT2D eigenvalue weighted by Gasteiger charge is -2.10. The third kappa shape index (κ3) is 2.94. The summed E-state index contributed by atoms with van der Waals surface area (Å²) in [6.07, 6.45) is 1.59. The van der Waals surface area contributed by atoms with Crippen LogP contribution in [0.15, 0.2) is 30.5 Å². The van der Waals surface area contributed by atoms with Gasteiger partial charge in [-0.25, -0.2) is 4.98 Å². The summed E-state index contributed by atoms with van der Waals surface area (Å²) in [4.78, 5) is 3.96. The Balaban J connectivity index is 2.33. The normalized spacial score (nSPS) is 10.3. The summed E-state index contributed by atoms with van der Waals surface area (Å²) in [6.45, 7) is 0. The van der Waals surface area contributed by atoms with Crippen LogP contribution in [0.1, 0.15) is 0 Å².